The van der Waals surface area contributed by atoms with E-state index >= 15 is 0 Å². The van der Waals surface area contributed by atoms with Crippen molar-refractivity contribution in [2.75, 3.05) is 0 Å². The van der Waals surface area contributed by atoms with E-state index in [2.05, 4.69) is 322 Å². The van der Waals surface area contributed by atoms with Crippen LogP contribution in [0.1, 0.15) is 0 Å². The van der Waals surface area contributed by atoms with E-state index in [9.17, 15) is 0 Å². The third-order valence-corrected chi connectivity index (χ3v) is 29.3. The van der Waals surface area contributed by atoms with Crippen LogP contribution in [0.2, 0.25) is 0 Å². The van der Waals surface area contributed by atoms with Crippen molar-refractivity contribution in [1.29, 1.82) is 0 Å². The molecule has 0 spiro atoms. The van der Waals surface area contributed by atoms with Crippen LogP contribution in [-0.2, 0) is 0 Å². The number of para-hydroxylation sites is 2. The van der Waals surface area contributed by atoms with Gasteiger partial charge in [-0.3, -0.25) is 0 Å². The van der Waals surface area contributed by atoms with Crippen LogP contribution >= 0.6 is 11.3 Å². The largest absolute Gasteiger partial charge is 0.456 e. The number of benzene rings is 22. The molecule has 9 heterocycles. The zero-order valence-corrected chi connectivity index (χ0v) is 78.6. The molecule has 0 saturated heterocycles. The number of hydrogen-bond acceptors (Lipinski definition) is 15. The summed E-state index contributed by atoms with van der Waals surface area (Å²) in [7, 11) is 0. The van der Waals surface area contributed by atoms with Crippen LogP contribution in [0.25, 0.3) is 308 Å². The molecule has 0 atom stereocenters. The van der Waals surface area contributed by atoms with Crippen molar-refractivity contribution in [3.8, 4) is 125 Å². The zero-order valence-electron chi connectivity index (χ0n) is 77.8. The number of nitrogens with zero attached hydrogens (tertiary/aromatic N) is 9. The highest BCUT2D eigenvalue weighted by Gasteiger charge is 2.25. The van der Waals surface area contributed by atoms with Crippen LogP contribution < -0.4 is 0 Å². The Morgan fingerprint density at radius 1 is 0.130 bits per heavy atom. The van der Waals surface area contributed by atoms with Crippen molar-refractivity contribution in [2.45, 2.75) is 0 Å². The first-order valence-electron chi connectivity index (χ1n) is 48.5. The van der Waals surface area contributed by atoms with E-state index in [-0.39, 0.29) is 0 Å². The van der Waals surface area contributed by atoms with Gasteiger partial charge in [0, 0.05) is 130 Å². The number of hydrogen-bond donors (Lipinski definition) is 0. The van der Waals surface area contributed by atoms with E-state index < -0.39 is 0 Å². The Balaban J connectivity index is 0.000000104. The van der Waals surface area contributed by atoms with Gasteiger partial charge in [-0.2, -0.15) is 0 Å². The fourth-order valence-electron chi connectivity index (χ4n) is 20.9. The molecule has 0 bridgehead atoms. The lowest BCUT2D eigenvalue weighted by Gasteiger charge is -2.13. The van der Waals surface area contributed by atoms with Gasteiger partial charge in [0.25, 0.3) is 0 Å². The van der Waals surface area contributed by atoms with Crippen LogP contribution in [0.5, 0.6) is 0 Å². The summed E-state index contributed by atoms with van der Waals surface area (Å²) in [6, 6.07) is 157. The fraction of sp³-hybridized carbons (Fsp3) is 0. The van der Waals surface area contributed by atoms with Crippen LogP contribution in [-0.4, -0.2) is 44.9 Å². The van der Waals surface area contributed by atoms with E-state index in [1.54, 1.807) is 0 Å². The highest BCUT2D eigenvalue weighted by molar-refractivity contribution is 7.26. The van der Waals surface area contributed by atoms with Gasteiger partial charge < -0.3 is 22.1 Å². The second kappa shape index (κ2) is 34.1. The first-order valence-corrected chi connectivity index (χ1v) is 49.3. The second-order valence-electron chi connectivity index (χ2n) is 36.9. The molecule has 31 aromatic rings. The predicted molar refractivity (Wildman–Crippen MR) is 596 cm³/mol. The predicted octanol–water partition coefficient (Wildman–Crippen LogP) is 35.6. The molecular formula is C131H75N9O5S. The molecule has 0 aliphatic carbocycles. The number of furan rings is 5. The molecule has 146 heavy (non-hydrogen) atoms. The van der Waals surface area contributed by atoms with Crippen LogP contribution in [0.4, 0.5) is 0 Å². The van der Waals surface area contributed by atoms with Crippen molar-refractivity contribution in [3.63, 3.8) is 0 Å². The van der Waals surface area contributed by atoms with Crippen molar-refractivity contribution in [3.05, 3.63) is 455 Å². The maximum absolute atomic E-state index is 6.44. The summed E-state index contributed by atoms with van der Waals surface area (Å²) in [5.74, 6) is 5.42. The molecule has 14 nitrogen and oxygen atoms in total. The number of aromatic nitrogens is 9. The quantitative estimate of drug-likeness (QED) is 0.119. The lowest BCUT2D eigenvalue weighted by Crippen LogP contribution is -2.00. The maximum atomic E-state index is 6.44. The summed E-state index contributed by atoms with van der Waals surface area (Å²) in [5, 5.41) is 25.0. The van der Waals surface area contributed by atoms with Crippen LogP contribution in [0.15, 0.2) is 477 Å². The zero-order chi connectivity index (χ0) is 96.0. The highest BCUT2D eigenvalue weighted by atomic mass is 32.1. The van der Waals surface area contributed by atoms with Gasteiger partial charge >= 0.3 is 0 Å². The Morgan fingerprint density at radius 3 is 0.849 bits per heavy atom. The molecule has 15 heteroatoms. The normalized spacial score (nSPS) is 11.8. The third-order valence-electron chi connectivity index (χ3n) is 28.1. The standard InChI is InChI=1S/C47H27N3OS.C43H23N3O3.C41H25N3O/c1-2-11-28(12-3-1)45-48-46(31-21-22-35-40-25-29-13-4-5-14-30(29)26-42(40)51-41(35)27-31)50-47(49-45)39-24-23-34(32-15-6-7-16-33(32)39)37-18-10-19-38-36-17-8-9-20-43(36)52-44(37)38;1-2-8-25-20-40-34(19-24(25)7-1)33-18-15-28(23-39(33)49-40)43-45-41(26-13-16-31-29-9-3-5-11-35(29)47-37(31)21-26)44-42(46-43)27-14-17-32-30-10-4-6-12-36(30)48-38(32)22-27;1-2-9-28(10-3-1)39-42-40(44-41(43-39)34-19-16-26-8-4-5-11-30(26)22-34)29-17-14-27(15-18-29)33-20-21-35-36-23-31-12-6-7-13-32(31)24-38(36)45-37(35)25-33/h1-27H;1-23H;1-25H. The Bertz CT molecular complexity index is 10700. The summed E-state index contributed by atoms with van der Waals surface area (Å²) in [6.07, 6.45) is 0. The third kappa shape index (κ3) is 14.7. The maximum Gasteiger partial charge on any atom is 0.164 e. The highest BCUT2D eigenvalue weighted by Crippen LogP contribution is 2.47. The topological polar surface area (TPSA) is 182 Å². The summed E-state index contributed by atoms with van der Waals surface area (Å²) in [5.41, 5.74) is 21.0. The average Bonchev–Trinajstić information content (AvgIpc) is 1.49. The molecule has 31 rings (SSSR count). The molecule has 0 fully saturated rings. The van der Waals surface area contributed by atoms with Crippen LogP contribution in [0, 0.1) is 0 Å². The number of thiophene rings is 1. The Hall–Kier alpha value is -19.6. The molecular weight excluding hydrogens is 1810 g/mol. The second-order valence-corrected chi connectivity index (χ2v) is 38.0. The van der Waals surface area contributed by atoms with Gasteiger partial charge in [0.15, 0.2) is 52.4 Å². The van der Waals surface area contributed by atoms with Gasteiger partial charge in [-0.15, -0.1) is 11.3 Å². The van der Waals surface area contributed by atoms with E-state index in [1.165, 1.54) is 58.2 Å². The first-order chi connectivity index (χ1) is 72.2. The molecule has 680 valence electrons. The van der Waals surface area contributed by atoms with E-state index in [4.69, 9.17) is 66.9 Å². The van der Waals surface area contributed by atoms with Gasteiger partial charge in [-0.25, -0.2) is 44.9 Å². The van der Waals surface area contributed by atoms with Crippen molar-refractivity contribution >= 4 is 195 Å². The monoisotopic (exact) mass is 1890 g/mol. The summed E-state index contributed by atoms with van der Waals surface area (Å²) < 4.78 is 34.2. The Kier molecular flexibility index (Phi) is 19.5. The average molecular weight is 1890 g/mol. The van der Waals surface area contributed by atoms with Gasteiger partial charge in [-0.05, 0) is 198 Å². The number of fused-ring (bicyclic) bond motifs is 23. The molecule has 0 amide bonds. The van der Waals surface area contributed by atoms with E-state index in [1.807, 2.05) is 145 Å². The van der Waals surface area contributed by atoms with E-state index in [0.717, 1.165) is 198 Å². The van der Waals surface area contributed by atoms with Crippen molar-refractivity contribution in [2.24, 2.45) is 0 Å². The molecule has 0 unspecified atom stereocenters. The lowest BCUT2D eigenvalue weighted by atomic mass is 9.94. The SMILES string of the molecule is c1ccc(-c2nc(-c3ccc(-c4ccc5c(c4)oc4cc6ccccc6cc45)cc3)nc(-c3ccc4ccccc4c3)n2)cc1.c1ccc(-c2nc(-c3ccc4c(c3)oc3cc5ccccc5cc34)nc(-c3ccc(-c4cccc5c4sc4ccccc45)c4ccccc34)n2)cc1.c1ccc2cc3c(cc2c1)oc1cc(-c2nc(-c4ccc5c(c4)oc4ccccc45)nc(-c4ccc5c(c4)oc4ccccc45)n2)ccc13. The fourth-order valence-corrected chi connectivity index (χ4v) is 22.1. The Morgan fingerprint density at radius 2 is 0.404 bits per heavy atom. The number of rotatable bonds is 11. The molecule has 0 N–H and O–H groups in total. The minimum Gasteiger partial charge on any atom is -0.456 e. The van der Waals surface area contributed by atoms with Crippen molar-refractivity contribution in [1.82, 2.24) is 44.9 Å². The molecule has 0 aliphatic heterocycles. The molecule has 9 aromatic heterocycles. The molecule has 0 saturated carbocycles. The molecule has 0 aliphatic rings. The smallest absolute Gasteiger partial charge is 0.164 e. The summed E-state index contributed by atoms with van der Waals surface area (Å²) >= 11 is 1.85. The minimum atomic E-state index is 0.543. The summed E-state index contributed by atoms with van der Waals surface area (Å²) in [4.78, 5) is 45.2. The summed E-state index contributed by atoms with van der Waals surface area (Å²) in [6.45, 7) is 0. The van der Waals surface area contributed by atoms with Gasteiger partial charge in [0.05, 0.1) is 0 Å². The van der Waals surface area contributed by atoms with Crippen molar-refractivity contribution < 1.29 is 22.1 Å². The van der Waals surface area contributed by atoms with Gasteiger partial charge in [0.1, 0.15) is 55.8 Å². The first kappa shape index (κ1) is 83.4. The lowest BCUT2D eigenvalue weighted by molar-refractivity contribution is 0.668. The van der Waals surface area contributed by atoms with Crippen LogP contribution in [0.3, 0.4) is 0 Å². The molecule has 22 aromatic carbocycles. The van der Waals surface area contributed by atoms with E-state index in [0.29, 0.717) is 52.4 Å². The molecule has 0 radical (unpaired) electrons. The Labute approximate surface area is 835 Å². The van der Waals surface area contributed by atoms with Gasteiger partial charge in [0.2, 0.25) is 0 Å². The minimum absolute atomic E-state index is 0.543. The van der Waals surface area contributed by atoms with Gasteiger partial charge in [-0.1, -0.05) is 328 Å².